The van der Waals surface area contributed by atoms with E-state index in [1.54, 1.807) is 0 Å². The number of aliphatic hydroxyl groups is 1. The smallest absolute Gasteiger partial charge is 0.178 e. The zero-order chi connectivity index (χ0) is 33.6. The van der Waals surface area contributed by atoms with Gasteiger partial charge in [0.25, 0.3) is 0 Å². The lowest BCUT2D eigenvalue weighted by Gasteiger charge is -2.14. The van der Waals surface area contributed by atoms with Gasteiger partial charge in [-0.25, -0.2) is 0 Å². The van der Waals surface area contributed by atoms with Crippen molar-refractivity contribution in [2.24, 2.45) is 0 Å². The van der Waals surface area contributed by atoms with Gasteiger partial charge in [-0.2, -0.15) is 0 Å². The number of carbonyl (C=O) groups excluding carboxylic acids is 2. The molecule has 0 rings (SSSR count). The summed E-state index contributed by atoms with van der Waals surface area (Å²) < 4.78 is 11.1. The third-order valence-corrected chi connectivity index (χ3v) is 10.7. The molecule has 7 heteroatoms. The minimum absolute atomic E-state index is 0.111. The molecule has 3 unspecified atom stereocenters. The van der Waals surface area contributed by atoms with Crippen molar-refractivity contribution in [1.82, 2.24) is 0 Å². The predicted molar refractivity (Wildman–Crippen MR) is 204 cm³/mol. The fraction of sp³-hybridized carbons (Fsp3) is 0.949. The van der Waals surface area contributed by atoms with Gasteiger partial charge in [0.15, 0.2) is 11.0 Å². The highest BCUT2D eigenvalue weighted by atomic mass is 31.1. The summed E-state index contributed by atoms with van der Waals surface area (Å²) in [6.07, 6.45) is 40.0. The summed E-state index contributed by atoms with van der Waals surface area (Å²) in [5.74, 6) is 0. The minimum atomic E-state index is -0.533. The topological polar surface area (TPSA) is 72.8 Å². The van der Waals surface area contributed by atoms with E-state index in [2.05, 4.69) is 13.8 Å². The van der Waals surface area contributed by atoms with Crippen molar-refractivity contribution in [2.75, 3.05) is 13.2 Å². The molecule has 0 aliphatic rings. The molecule has 0 aromatic heterocycles. The summed E-state index contributed by atoms with van der Waals surface area (Å²) in [6, 6.07) is 0. The Morgan fingerprint density at radius 2 is 0.739 bits per heavy atom. The van der Waals surface area contributed by atoms with Crippen LogP contribution < -0.4 is 0 Å². The molecule has 0 saturated heterocycles. The third kappa shape index (κ3) is 36.9. The van der Waals surface area contributed by atoms with Crippen molar-refractivity contribution in [2.45, 2.75) is 225 Å². The van der Waals surface area contributed by atoms with Crippen LogP contribution in [0.1, 0.15) is 219 Å². The van der Waals surface area contributed by atoms with Crippen molar-refractivity contribution < 1.29 is 23.7 Å². The van der Waals surface area contributed by atoms with Crippen molar-refractivity contribution in [3.8, 4) is 0 Å². The first-order chi connectivity index (χ1) is 22.6. The molecule has 3 atom stereocenters. The highest BCUT2D eigenvalue weighted by Gasteiger charge is 2.13. The van der Waals surface area contributed by atoms with E-state index in [1.807, 2.05) is 0 Å². The Bertz CT molecular complexity index is 634. The van der Waals surface area contributed by atoms with Gasteiger partial charge in [-0.15, -0.1) is 0 Å². The maximum atomic E-state index is 12.2. The molecule has 0 aromatic carbocycles. The van der Waals surface area contributed by atoms with Crippen LogP contribution in [0.15, 0.2) is 0 Å². The third-order valence-electron chi connectivity index (χ3n) is 9.01. The quantitative estimate of drug-likeness (QED) is 0.0512. The number of aliphatic hydroxyl groups excluding tert-OH is 1. The molecule has 0 aliphatic heterocycles. The Hall–Kier alpha value is 0.0800. The van der Waals surface area contributed by atoms with Crippen LogP contribution in [0, 0.1) is 0 Å². The molecule has 0 bridgehead atoms. The van der Waals surface area contributed by atoms with Gasteiger partial charge in [0.2, 0.25) is 0 Å². The molecule has 1 N–H and O–H groups in total. The largest absolute Gasteiger partial charge is 0.394 e. The van der Waals surface area contributed by atoms with Crippen LogP contribution in [-0.4, -0.2) is 35.5 Å². The summed E-state index contributed by atoms with van der Waals surface area (Å²) in [7, 11) is -0.454. The fourth-order valence-electron chi connectivity index (χ4n) is 5.90. The summed E-state index contributed by atoms with van der Waals surface area (Å²) in [6.45, 7) is 4.52. The van der Waals surface area contributed by atoms with Crippen molar-refractivity contribution in [3.63, 3.8) is 0 Å². The fourth-order valence-corrected chi connectivity index (χ4v) is 7.33. The van der Waals surface area contributed by atoms with Gasteiger partial charge in [0, 0.05) is 12.8 Å². The summed E-state index contributed by atoms with van der Waals surface area (Å²) in [5.41, 5.74) is 0.248. The second-order valence-electron chi connectivity index (χ2n) is 13.7. The van der Waals surface area contributed by atoms with Gasteiger partial charge < -0.3 is 14.2 Å². The standard InChI is InChI=1S/C39H78O5P2/c1-3-5-7-9-11-13-15-17-19-21-23-25-27-29-31-33-38(41)45-43-36-37(35-40)44-46-39(42)34-32-30-28-26-24-22-20-18-16-14-12-10-8-6-4-2/h37,40,45-46H,3-36H2,1-2H3. The normalized spacial score (nSPS) is 12.7. The van der Waals surface area contributed by atoms with E-state index in [0.717, 1.165) is 25.7 Å². The van der Waals surface area contributed by atoms with Crippen LogP contribution in [0.25, 0.3) is 0 Å². The first-order valence-electron chi connectivity index (χ1n) is 20.1. The summed E-state index contributed by atoms with van der Waals surface area (Å²) in [4.78, 5) is 24.4. The lowest BCUT2D eigenvalue weighted by molar-refractivity contribution is -0.113. The van der Waals surface area contributed by atoms with Crippen molar-refractivity contribution in [1.29, 1.82) is 0 Å². The lowest BCUT2D eigenvalue weighted by Crippen LogP contribution is -2.20. The maximum Gasteiger partial charge on any atom is 0.178 e. The number of carbonyl (C=O) groups is 2. The predicted octanol–water partition coefficient (Wildman–Crippen LogP) is 13.1. The van der Waals surface area contributed by atoms with Crippen LogP contribution >= 0.6 is 17.6 Å². The molecule has 0 aliphatic carbocycles. The van der Waals surface area contributed by atoms with Crippen LogP contribution in [0.3, 0.4) is 0 Å². The average molecular weight is 689 g/mol. The Labute approximate surface area is 290 Å². The molecular weight excluding hydrogens is 610 g/mol. The van der Waals surface area contributed by atoms with Crippen LogP contribution in [0.2, 0.25) is 0 Å². The van der Waals surface area contributed by atoms with E-state index in [9.17, 15) is 14.7 Å². The molecule has 0 radical (unpaired) electrons. The zero-order valence-corrected chi connectivity index (χ0v) is 32.7. The van der Waals surface area contributed by atoms with Gasteiger partial charge in [0.05, 0.1) is 30.8 Å². The van der Waals surface area contributed by atoms with E-state index in [-0.39, 0.29) is 41.9 Å². The zero-order valence-electron chi connectivity index (χ0n) is 30.7. The molecule has 0 heterocycles. The van der Waals surface area contributed by atoms with Gasteiger partial charge in [0.1, 0.15) is 6.10 Å². The van der Waals surface area contributed by atoms with Crippen LogP contribution in [0.4, 0.5) is 0 Å². The highest BCUT2D eigenvalue weighted by Crippen LogP contribution is 2.24. The van der Waals surface area contributed by atoms with E-state index in [4.69, 9.17) is 9.05 Å². The monoisotopic (exact) mass is 689 g/mol. The number of rotatable bonds is 40. The van der Waals surface area contributed by atoms with E-state index < -0.39 is 6.10 Å². The van der Waals surface area contributed by atoms with Gasteiger partial charge in [-0.3, -0.25) is 9.59 Å². The Balaban J connectivity index is 3.47. The number of unbranched alkanes of at least 4 members (excludes halogenated alkanes) is 28. The first-order valence-corrected chi connectivity index (χ1v) is 21.9. The molecule has 0 spiro atoms. The summed E-state index contributed by atoms with van der Waals surface area (Å²) in [5, 5.41) is 9.58. The second kappa shape index (κ2) is 39.5. The number of hydrogen-bond acceptors (Lipinski definition) is 5. The van der Waals surface area contributed by atoms with Crippen molar-refractivity contribution in [3.05, 3.63) is 0 Å². The Morgan fingerprint density at radius 3 is 1.04 bits per heavy atom. The van der Waals surface area contributed by atoms with Crippen molar-refractivity contribution >= 4 is 28.7 Å². The SMILES string of the molecule is CCCCCCCCCCCCCCCCCC(=O)POCC(CO)OPC(=O)CCCCCCCCCCCCCCCCC. The first kappa shape index (κ1) is 46.1. The highest BCUT2D eigenvalue weighted by molar-refractivity contribution is 7.53. The Morgan fingerprint density at radius 1 is 0.457 bits per heavy atom. The van der Waals surface area contributed by atoms with Crippen LogP contribution in [0.5, 0.6) is 0 Å². The molecule has 5 nitrogen and oxygen atoms in total. The number of hydrogen-bond donors (Lipinski definition) is 1. The van der Waals surface area contributed by atoms with Crippen LogP contribution in [-0.2, 0) is 18.6 Å². The Kier molecular flexibility index (Phi) is 39.6. The molecule has 0 aromatic rings. The lowest BCUT2D eigenvalue weighted by atomic mass is 10.0. The molecule has 46 heavy (non-hydrogen) atoms. The van der Waals surface area contributed by atoms with E-state index in [0.29, 0.717) is 12.8 Å². The average Bonchev–Trinajstić information content (AvgIpc) is 3.06. The minimum Gasteiger partial charge on any atom is -0.394 e. The molecule has 0 fully saturated rings. The van der Waals surface area contributed by atoms with E-state index >= 15 is 0 Å². The van der Waals surface area contributed by atoms with Gasteiger partial charge >= 0.3 is 0 Å². The second-order valence-corrected chi connectivity index (χ2v) is 15.7. The molecule has 0 amide bonds. The van der Waals surface area contributed by atoms with E-state index in [1.165, 1.54) is 167 Å². The summed E-state index contributed by atoms with van der Waals surface area (Å²) >= 11 is 0. The maximum absolute atomic E-state index is 12.2. The van der Waals surface area contributed by atoms with Gasteiger partial charge in [-0.1, -0.05) is 194 Å². The molecule has 0 saturated carbocycles. The molecule has 274 valence electrons. The molecular formula is C39H78O5P2. The van der Waals surface area contributed by atoms with Gasteiger partial charge in [-0.05, 0) is 12.8 Å².